The van der Waals surface area contributed by atoms with Crippen molar-refractivity contribution < 1.29 is 0 Å². The zero-order valence-electron chi connectivity index (χ0n) is 8.13. The van der Waals surface area contributed by atoms with E-state index in [4.69, 9.17) is 11.6 Å². The molecule has 1 rings (SSSR count). The lowest BCUT2D eigenvalue weighted by molar-refractivity contribution is 0.795. The van der Waals surface area contributed by atoms with Gasteiger partial charge in [0.1, 0.15) is 11.0 Å². The van der Waals surface area contributed by atoms with Crippen LogP contribution in [-0.2, 0) is 13.6 Å². The summed E-state index contributed by atoms with van der Waals surface area (Å²) in [6, 6.07) is 0. The largest absolute Gasteiger partial charge is 0.318 e. The first kappa shape index (κ1) is 10.3. The summed E-state index contributed by atoms with van der Waals surface area (Å²) in [5.41, 5.74) is 0.889. The van der Waals surface area contributed by atoms with Crippen molar-refractivity contribution in [3.63, 3.8) is 0 Å². The van der Waals surface area contributed by atoms with Crippen LogP contribution in [0.1, 0.15) is 18.4 Å². The zero-order valence-corrected chi connectivity index (χ0v) is 8.89. The Morgan fingerprint density at radius 3 is 2.85 bits per heavy atom. The molecule has 1 aromatic heterocycles. The second kappa shape index (κ2) is 4.44. The van der Waals surface area contributed by atoms with Crippen LogP contribution in [0.25, 0.3) is 6.08 Å². The molecule has 0 saturated heterocycles. The zero-order chi connectivity index (χ0) is 9.84. The predicted octanol–water partition coefficient (Wildman–Crippen LogP) is 1.83. The van der Waals surface area contributed by atoms with Crippen LogP contribution in [0.2, 0.25) is 5.15 Å². The maximum Gasteiger partial charge on any atom is 0.133 e. The summed E-state index contributed by atoms with van der Waals surface area (Å²) in [4.78, 5) is 4.37. The summed E-state index contributed by atoms with van der Waals surface area (Å²) < 4.78 is 1.87. The molecule has 0 fully saturated rings. The third-order valence-corrected chi connectivity index (χ3v) is 2.26. The first-order chi connectivity index (χ1) is 6.20. The highest BCUT2D eigenvalue weighted by atomic mass is 35.5. The van der Waals surface area contributed by atoms with Gasteiger partial charge < -0.3 is 9.88 Å². The van der Waals surface area contributed by atoms with E-state index in [0.717, 1.165) is 11.5 Å². The van der Waals surface area contributed by atoms with Crippen LogP contribution in [0.15, 0.2) is 6.08 Å². The maximum atomic E-state index is 6.06. The molecule has 0 amide bonds. The van der Waals surface area contributed by atoms with Crippen LogP contribution in [0, 0.1) is 0 Å². The Kier molecular flexibility index (Phi) is 3.51. The van der Waals surface area contributed by atoms with Crippen molar-refractivity contribution in [1.29, 1.82) is 0 Å². The summed E-state index contributed by atoms with van der Waals surface area (Å²) in [5.74, 6) is 0.887. The molecule has 1 heterocycles. The number of imidazole rings is 1. The lowest BCUT2D eigenvalue weighted by atomic mass is 10.5. The molecule has 4 heteroatoms. The van der Waals surface area contributed by atoms with Crippen molar-refractivity contribution in [3.8, 4) is 0 Å². The Bertz CT molecular complexity index is 315. The number of rotatable bonds is 3. The molecule has 3 nitrogen and oxygen atoms in total. The lowest BCUT2D eigenvalue weighted by Gasteiger charge is -1.96. The summed E-state index contributed by atoms with van der Waals surface area (Å²) in [6.45, 7) is 2.66. The van der Waals surface area contributed by atoms with Gasteiger partial charge in [0.15, 0.2) is 0 Å². The minimum atomic E-state index is 0.697. The van der Waals surface area contributed by atoms with Crippen LogP contribution in [-0.4, -0.2) is 16.6 Å². The predicted molar refractivity (Wildman–Crippen MR) is 55.7 cm³/mol. The molecule has 0 atom stereocenters. The third-order valence-electron chi connectivity index (χ3n) is 1.79. The molecule has 0 bridgehead atoms. The van der Waals surface area contributed by atoms with Gasteiger partial charge in [-0.3, -0.25) is 0 Å². The molecule has 72 valence electrons. The molecular weight excluding hydrogens is 186 g/mol. The molecule has 0 spiro atoms. The minimum absolute atomic E-state index is 0.697. The molecule has 0 aliphatic carbocycles. The van der Waals surface area contributed by atoms with E-state index in [1.165, 1.54) is 0 Å². The Morgan fingerprint density at radius 2 is 2.31 bits per heavy atom. The molecule has 1 N–H and O–H groups in total. The summed E-state index contributed by atoms with van der Waals surface area (Å²) in [7, 11) is 3.78. The molecule has 0 aliphatic heterocycles. The van der Waals surface area contributed by atoms with E-state index in [9.17, 15) is 0 Å². The van der Waals surface area contributed by atoms with Crippen molar-refractivity contribution in [2.45, 2.75) is 13.5 Å². The van der Waals surface area contributed by atoms with Gasteiger partial charge >= 0.3 is 0 Å². The molecule has 0 aliphatic rings. The van der Waals surface area contributed by atoms with Gasteiger partial charge in [-0.25, -0.2) is 4.98 Å². The van der Waals surface area contributed by atoms with Crippen LogP contribution in [0.5, 0.6) is 0 Å². The van der Waals surface area contributed by atoms with Gasteiger partial charge in [0, 0.05) is 13.6 Å². The Labute approximate surface area is 83.4 Å². The van der Waals surface area contributed by atoms with Crippen LogP contribution in [0.3, 0.4) is 0 Å². The van der Waals surface area contributed by atoms with Gasteiger partial charge in [0.05, 0.1) is 5.69 Å². The molecule has 0 aromatic carbocycles. The topological polar surface area (TPSA) is 29.9 Å². The lowest BCUT2D eigenvalue weighted by Crippen LogP contribution is -2.05. The van der Waals surface area contributed by atoms with Gasteiger partial charge in [0.2, 0.25) is 0 Å². The SMILES string of the molecule is C/C=C\c1nc(CNC)c(Cl)n1C. The highest BCUT2D eigenvalue weighted by Gasteiger charge is 2.09. The average Bonchev–Trinajstić information content (AvgIpc) is 2.36. The number of aromatic nitrogens is 2. The van der Waals surface area contributed by atoms with Gasteiger partial charge in [-0.1, -0.05) is 17.7 Å². The number of nitrogens with one attached hydrogen (secondary N) is 1. The van der Waals surface area contributed by atoms with Crippen LogP contribution < -0.4 is 5.32 Å². The van der Waals surface area contributed by atoms with Crippen molar-refractivity contribution in [3.05, 3.63) is 22.7 Å². The van der Waals surface area contributed by atoms with Gasteiger partial charge in [-0.15, -0.1) is 0 Å². The fraction of sp³-hybridized carbons (Fsp3) is 0.444. The molecule has 0 unspecified atom stereocenters. The van der Waals surface area contributed by atoms with Crippen molar-refractivity contribution >= 4 is 17.7 Å². The van der Waals surface area contributed by atoms with E-state index >= 15 is 0 Å². The molecule has 0 saturated carbocycles. The molecule has 1 aromatic rings. The number of hydrogen-bond acceptors (Lipinski definition) is 2. The third kappa shape index (κ3) is 2.11. The maximum absolute atomic E-state index is 6.06. The van der Waals surface area contributed by atoms with E-state index in [2.05, 4.69) is 10.3 Å². The van der Waals surface area contributed by atoms with E-state index in [-0.39, 0.29) is 0 Å². The van der Waals surface area contributed by atoms with E-state index in [1.807, 2.05) is 37.7 Å². The Balaban J connectivity index is 3.04. The minimum Gasteiger partial charge on any atom is -0.318 e. The van der Waals surface area contributed by atoms with E-state index < -0.39 is 0 Å². The standard InChI is InChI=1S/C9H14ClN3/c1-4-5-8-12-7(6-11-2)9(10)13(8)3/h4-5,11H,6H2,1-3H3/b5-4-. The van der Waals surface area contributed by atoms with E-state index in [0.29, 0.717) is 11.7 Å². The number of nitrogens with zero attached hydrogens (tertiary/aromatic N) is 2. The van der Waals surface area contributed by atoms with Crippen molar-refractivity contribution in [2.75, 3.05) is 7.05 Å². The second-order valence-electron chi connectivity index (χ2n) is 2.80. The fourth-order valence-corrected chi connectivity index (χ4v) is 1.33. The summed E-state index contributed by atoms with van der Waals surface area (Å²) in [5, 5.41) is 3.72. The molecule has 13 heavy (non-hydrogen) atoms. The first-order valence-corrected chi connectivity index (χ1v) is 4.57. The van der Waals surface area contributed by atoms with Gasteiger partial charge in [0.25, 0.3) is 0 Å². The summed E-state index contributed by atoms with van der Waals surface area (Å²) >= 11 is 6.06. The van der Waals surface area contributed by atoms with E-state index in [1.54, 1.807) is 0 Å². The first-order valence-electron chi connectivity index (χ1n) is 4.19. The Morgan fingerprint density at radius 1 is 1.62 bits per heavy atom. The second-order valence-corrected chi connectivity index (χ2v) is 3.15. The Hall–Kier alpha value is -0.800. The fourth-order valence-electron chi connectivity index (χ4n) is 1.13. The molecule has 0 radical (unpaired) electrons. The van der Waals surface area contributed by atoms with Gasteiger partial charge in [-0.2, -0.15) is 0 Å². The number of hydrogen-bond donors (Lipinski definition) is 1. The normalized spacial score (nSPS) is 11.4. The highest BCUT2D eigenvalue weighted by molar-refractivity contribution is 6.30. The summed E-state index contributed by atoms with van der Waals surface area (Å²) in [6.07, 6.45) is 3.88. The highest BCUT2D eigenvalue weighted by Crippen LogP contribution is 2.17. The number of allylic oxidation sites excluding steroid dienone is 1. The molecular formula is C9H14ClN3. The quantitative estimate of drug-likeness (QED) is 0.805. The van der Waals surface area contributed by atoms with Crippen molar-refractivity contribution in [1.82, 2.24) is 14.9 Å². The number of halogens is 1. The van der Waals surface area contributed by atoms with Gasteiger partial charge in [-0.05, 0) is 20.0 Å². The smallest absolute Gasteiger partial charge is 0.133 e. The average molecular weight is 200 g/mol. The van der Waals surface area contributed by atoms with Crippen molar-refractivity contribution in [2.24, 2.45) is 7.05 Å². The van der Waals surface area contributed by atoms with Crippen LogP contribution in [0.4, 0.5) is 0 Å². The monoisotopic (exact) mass is 199 g/mol. The van der Waals surface area contributed by atoms with Crippen LogP contribution >= 0.6 is 11.6 Å².